The van der Waals surface area contributed by atoms with Crippen molar-refractivity contribution in [2.45, 2.75) is 56.3 Å². The summed E-state index contributed by atoms with van der Waals surface area (Å²) in [6.07, 6.45) is -11.5. The van der Waals surface area contributed by atoms with E-state index in [4.69, 9.17) is 9.47 Å². The third-order valence-corrected chi connectivity index (χ3v) is 7.16. The smallest absolute Gasteiger partial charge is 0.416 e. The number of esters is 2. The van der Waals surface area contributed by atoms with Crippen LogP contribution in [-0.2, 0) is 31.4 Å². The summed E-state index contributed by atoms with van der Waals surface area (Å²) < 4.78 is 88.6. The number of carboxylic acids is 1. The van der Waals surface area contributed by atoms with Gasteiger partial charge in [0.25, 0.3) is 5.91 Å². The van der Waals surface area contributed by atoms with Gasteiger partial charge in [0.05, 0.1) is 22.3 Å². The average molecular weight is 587 g/mol. The summed E-state index contributed by atoms with van der Waals surface area (Å²) in [5, 5.41) is 12.4. The Morgan fingerprint density at radius 1 is 0.780 bits per heavy atom. The van der Waals surface area contributed by atoms with Gasteiger partial charge in [-0.3, -0.25) is 4.79 Å². The van der Waals surface area contributed by atoms with E-state index in [1.165, 1.54) is 0 Å². The lowest BCUT2D eigenvalue weighted by Crippen LogP contribution is -2.53. The van der Waals surface area contributed by atoms with E-state index in [0.29, 0.717) is 36.6 Å². The molecule has 2 aromatic rings. The van der Waals surface area contributed by atoms with Gasteiger partial charge in [-0.2, -0.15) is 26.3 Å². The fourth-order valence-electron chi connectivity index (χ4n) is 5.19. The minimum Gasteiger partial charge on any atom is -0.478 e. The lowest BCUT2D eigenvalue weighted by atomic mass is 9.95. The second kappa shape index (κ2) is 11.4. The second-order valence-electron chi connectivity index (χ2n) is 9.94. The average Bonchev–Trinajstić information content (AvgIpc) is 3.53. The fourth-order valence-corrected chi connectivity index (χ4v) is 5.19. The molecule has 8 nitrogen and oxygen atoms in total. The molecule has 1 amide bonds. The van der Waals surface area contributed by atoms with E-state index in [9.17, 15) is 50.6 Å². The summed E-state index contributed by atoms with van der Waals surface area (Å²) in [6, 6.07) is 5.37. The van der Waals surface area contributed by atoms with Crippen molar-refractivity contribution in [2.24, 2.45) is 11.8 Å². The number of alkyl halides is 6. The number of halogens is 6. The molecule has 41 heavy (non-hydrogen) atoms. The molecule has 2 aromatic carbocycles. The maximum absolute atomic E-state index is 13.2. The van der Waals surface area contributed by atoms with Gasteiger partial charge >= 0.3 is 30.3 Å². The first-order valence-corrected chi connectivity index (χ1v) is 12.4. The molecule has 2 saturated carbocycles. The molecule has 0 aromatic heterocycles. The van der Waals surface area contributed by atoms with E-state index in [1.807, 2.05) is 0 Å². The van der Waals surface area contributed by atoms with Crippen LogP contribution in [0.25, 0.3) is 0 Å². The Labute approximate surface area is 228 Å². The topological polar surface area (TPSA) is 119 Å². The first-order chi connectivity index (χ1) is 19.1. The van der Waals surface area contributed by atoms with Crippen molar-refractivity contribution >= 4 is 23.8 Å². The van der Waals surface area contributed by atoms with Gasteiger partial charge in [0.2, 0.25) is 12.2 Å². The molecule has 0 aliphatic heterocycles. The van der Waals surface area contributed by atoms with Crippen molar-refractivity contribution in [2.75, 3.05) is 0 Å². The third-order valence-electron chi connectivity index (χ3n) is 7.16. The zero-order valence-electron chi connectivity index (χ0n) is 21.0. The maximum atomic E-state index is 13.2. The van der Waals surface area contributed by atoms with E-state index >= 15 is 0 Å². The van der Waals surface area contributed by atoms with Crippen LogP contribution in [0.1, 0.15) is 57.5 Å². The van der Waals surface area contributed by atoms with Crippen molar-refractivity contribution in [1.29, 1.82) is 0 Å². The molecule has 14 heteroatoms. The monoisotopic (exact) mass is 587 g/mol. The number of rotatable bonds is 8. The Morgan fingerprint density at radius 3 is 1.71 bits per heavy atom. The van der Waals surface area contributed by atoms with Crippen molar-refractivity contribution in [3.63, 3.8) is 0 Å². The summed E-state index contributed by atoms with van der Waals surface area (Å²) >= 11 is 0. The van der Waals surface area contributed by atoms with Crippen LogP contribution < -0.4 is 5.32 Å². The normalized spacial score (nSPS) is 21.6. The number of aliphatic carboxylic acids is 1. The van der Waals surface area contributed by atoms with Crippen LogP contribution in [-0.4, -0.2) is 47.2 Å². The van der Waals surface area contributed by atoms with Gasteiger partial charge in [0, 0.05) is 6.04 Å². The highest BCUT2D eigenvalue weighted by molar-refractivity contribution is 5.97. The number of carbonyl (C=O) groups excluding carboxylic acids is 3. The maximum Gasteiger partial charge on any atom is 0.416 e. The summed E-state index contributed by atoms with van der Waals surface area (Å²) in [5.41, 5.74) is -3.84. The molecule has 0 heterocycles. The van der Waals surface area contributed by atoms with E-state index in [1.54, 1.807) is 0 Å². The Kier molecular flexibility index (Phi) is 8.31. The third kappa shape index (κ3) is 6.98. The van der Waals surface area contributed by atoms with Gasteiger partial charge in [-0.1, -0.05) is 18.6 Å². The van der Waals surface area contributed by atoms with Gasteiger partial charge in [-0.25, -0.2) is 14.4 Å². The molecule has 220 valence electrons. The quantitative estimate of drug-likeness (QED) is 0.334. The summed E-state index contributed by atoms with van der Waals surface area (Å²) in [7, 11) is 0. The number of nitrogens with one attached hydrogen (secondary N) is 1. The van der Waals surface area contributed by atoms with Crippen LogP contribution in [0.3, 0.4) is 0 Å². The predicted octanol–water partition coefficient (Wildman–Crippen LogP) is 4.86. The van der Waals surface area contributed by atoms with Crippen LogP contribution >= 0.6 is 0 Å². The number of carbonyl (C=O) groups is 4. The largest absolute Gasteiger partial charge is 0.478 e. The Morgan fingerprint density at radius 2 is 1.29 bits per heavy atom. The highest BCUT2D eigenvalue weighted by atomic mass is 19.4. The molecule has 2 bridgehead atoms. The van der Waals surface area contributed by atoms with Crippen molar-refractivity contribution in [1.82, 2.24) is 5.32 Å². The van der Waals surface area contributed by atoms with Gasteiger partial charge < -0.3 is 19.9 Å². The van der Waals surface area contributed by atoms with Crippen LogP contribution in [0, 0.1) is 11.8 Å². The second-order valence-corrected chi connectivity index (χ2v) is 9.94. The van der Waals surface area contributed by atoms with Gasteiger partial charge in [-0.15, -0.1) is 0 Å². The molecule has 2 aliphatic carbocycles. The SMILES string of the molecule is O=C(O[C@H](C(=O)O)[C@H](OC(=O)c1cccc(C(F)(F)F)c1)C(=O)N[C@@H]1C[C@H]2CC[C@H]1C2)c1cccc(C(F)(F)F)c1. The molecular formula is C27H23F6NO7. The van der Waals surface area contributed by atoms with E-state index in [2.05, 4.69) is 5.32 Å². The number of hydrogen-bond donors (Lipinski definition) is 2. The first-order valence-electron chi connectivity index (χ1n) is 12.4. The fraction of sp³-hybridized carbons (Fsp3) is 0.407. The Hall–Kier alpha value is -4.10. The highest BCUT2D eigenvalue weighted by Gasteiger charge is 2.45. The first kappa shape index (κ1) is 29.9. The van der Waals surface area contributed by atoms with Gasteiger partial charge in [0.1, 0.15) is 0 Å². The van der Waals surface area contributed by atoms with E-state index in [0.717, 1.165) is 43.5 Å². The molecule has 2 N–H and O–H groups in total. The molecule has 0 radical (unpaired) electrons. The molecule has 0 unspecified atom stereocenters. The van der Waals surface area contributed by atoms with Crippen LogP contribution in [0.5, 0.6) is 0 Å². The van der Waals surface area contributed by atoms with E-state index < -0.39 is 76.7 Å². The van der Waals surface area contributed by atoms with Gasteiger partial charge in [-0.05, 0) is 67.5 Å². The zero-order chi connectivity index (χ0) is 30.1. The highest BCUT2D eigenvalue weighted by Crippen LogP contribution is 2.44. The summed E-state index contributed by atoms with van der Waals surface area (Å²) in [5.74, 6) is -5.88. The number of ether oxygens (including phenoxy) is 2. The van der Waals surface area contributed by atoms with Gasteiger partial charge in [0.15, 0.2) is 0 Å². The molecule has 4 rings (SSSR count). The van der Waals surface area contributed by atoms with Crippen molar-refractivity contribution in [3.05, 3.63) is 70.8 Å². The molecule has 2 aliphatic rings. The molecule has 0 saturated heterocycles. The molecule has 2 fully saturated rings. The van der Waals surface area contributed by atoms with Crippen molar-refractivity contribution in [3.8, 4) is 0 Å². The van der Waals surface area contributed by atoms with Crippen molar-refractivity contribution < 1.29 is 60.1 Å². The lowest BCUT2D eigenvalue weighted by Gasteiger charge is -2.28. The Balaban J connectivity index is 1.61. The molecule has 0 spiro atoms. The minimum atomic E-state index is -4.84. The summed E-state index contributed by atoms with van der Waals surface area (Å²) in [6.45, 7) is 0. The number of amides is 1. The lowest BCUT2D eigenvalue weighted by molar-refractivity contribution is -0.159. The number of fused-ring (bicyclic) bond motifs is 2. The molecule has 5 atom stereocenters. The van der Waals surface area contributed by atoms with Crippen LogP contribution in [0.2, 0.25) is 0 Å². The number of hydrogen-bond acceptors (Lipinski definition) is 6. The molecular weight excluding hydrogens is 564 g/mol. The van der Waals surface area contributed by atoms with Crippen LogP contribution in [0.15, 0.2) is 48.5 Å². The standard InChI is InChI=1S/C27H23F6NO7/c28-26(29,30)17-5-1-3-15(11-17)24(38)40-20(22(35)34-19-10-13-7-8-14(19)9-13)21(23(36)37)41-25(39)16-4-2-6-18(12-16)27(31,32)33/h1-6,11-14,19-21H,7-10H2,(H,34,35)(H,36,37)/t13-,14-,19+,20-,21-/m0/s1. The zero-order valence-corrected chi connectivity index (χ0v) is 21.0. The Bertz CT molecular complexity index is 1340. The minimum absolute atomic E-state index is 0.0692. The summed E-state index contributed by atoms with van der Waals surface area (Å²) in [4.78, 5) is 50.9. The number of carboxylic acid groups (broad SMARTS) is 1. The van der Waals surface area contributed by atoms with Crippen LogP contribution in [0.4, 0.5) is 26.3 Å². The van der Waals surface area contributed by atoms with E-state index in [-0.39, 0.29) is 5.92 Å². The predicted molar refractivity (Wildman–Crippen MR) is 126 cm³/mol. The number of benzene rings is 2.